The SMILES string of the molecule is CC(NC(=O)CNC(=O)c1ccc(Br)cc1)c1ccc(F)c(F)c1. The Kier molecular flexibility index (Phi) is 6.03. The third-order valence-electron chi connectivity index (χ3n) is 3.34. The van der Waals surface area contributed by atoms with Gasteiger partial charge in [0, 0.05) is 10.0 Å². The van der Waals surface area contributed by atoms with Gasteiger partial charge in [-0.3, -0.25) is 9.59 Å². The van der Waals surface area contributed by atoms with E-state index in [0.717, 1.165) is 16.6 Å². The maximum absolute atomic E-state index is 13.2. The van der Waals surface area contributed by atoms with Crippen molar-refractivity contribution in [2.45, 2.75) is 13.0 Å². The predicted octanol–water partition coefficient (Wildman–Crippen LogP) is 3.33. The minimum absolute atomic E-state index is 0.219. The summed E-state index contributed by atoms with van der Waals surface area (Å²) in [6.45, 7) is 1.42. The van der Waals surface area contributed by atoms with E-state index in [1.165, 1.54) is 6.07 Å². The van der Waals surface area contributed by atoms with E-state index in [-0.39, 0.29) is 12.5 Å². The third-order valence-corrected chi connectivity index (χ3v) is 3.87. The molecule has 4 nitrogen and oxygen atoms in total. The Hall–Kier alpha value is -2.28. The summed E-state index contributed by atoms with van der Waals surface area (Å²) in [5, 5.41) is 5.10. The van der Waals surface area contributed by atoms with Crippen LogP contribution < -0.4 is 10.6 Å². The van der Waals surface area contributed by atoms with Crippen LogP contribution in [-0.4, -0.2) is 18.4 Å². The van der Waals surface area contributed by atoms with Crippen molar-refractivity contribution in [2.24, 2.45) is 0 Å². The number of hydrogen-bond acceptors (Lipinski definition) is 2. The highest BCUT2D eigenvalue weighted by Crippen LogP contribution is 2.15. The van der Waals surface area contributed by atoms with Crippen LogP contribution in [0.4, 0.5) is 8.78 Å². The molecule has 2 amide bonds. The first-order valence-corrected chi connectivity index (χ1v) is 7.94. The van der Waals surface area contributed by atoms with Crippen LogP contribution in [0.3, 0.4) is 0 Å². The monoisotopic (exact) mass is 396 g/mol. The van der Waals surface area contributed by atoms with Crippen molar-refractivity contribution in [2.75, 3.05) is 6.54 Å². The molecule has 1 atom stereocenters. The van der Waals surface area contributed by atoms with Gasteiger partial charge in [-0.15, -0.1) is 0 Å². The number of amides is 2. The normalized spacial score (nSPS) is 11.7. The lowest BCUT2D eigenvalue weighted by Gasteiger charge is -2.15. The van der Waals surface area contributed by atoms with E-state index < -0.39 is 23.6 Å². The number of nitrogens with one attached hydrogen (secondary N) is 2. The van der Waals surface area contributed by atoms with E-state index in [9.17, 15) is 18.4 Å². The lowest BCUT2D eigenvalue weighted by atomic mass is 10.1. The van der Waals surface area contributed by atoms with Crippen LogP contribution in [0, 0.1) is 11.6 Å². The Labute approximate surface area is 146 Å². The number of halogens is 3. The first-order valence-electron chi connectivity index (χ1n) is 7.15. The molecule has 2 aromatic rings. The summed E-state index contributed by atoms with van der Waals surface area (Å²) in [6, 6.07) is 9.60. The fourth-order valence-electron chi connectivity index (χ4n) is 2.02. The second-order valence-corrected chi connectivity index (χ2v) is 6.07. The van der Waals surface area contributed by atoms with Crippen molar-refractivity contribution >= 4 is 27.7 Å². The highest BCUT2D eigenvalue weighted by atomic mass is 79.9. The number of carbonyl (C=O) groups excluding carboxylic acids is 2. The van der Waals surface area contributed by atoms with Crippen molar-refractivity contribution in [3.63, 3.8) is 0 Å². The topological polar surface area (TPSA) is 58.2 Å². The molecule has 0 bridgehead atoms. The minimum atomic E-state index is -0.975. The van der Waals surface area contributed by atoms with E-state index in [1.807, 2.05) is 0 Å². The lowest BCUT2D eigenvalue weighted by molar-refractivity contribution is -0.120. The summed E-state index contributed by atoms with van der Waals surface area (Å²) >= 11 is 3.27. The predicted molar refractivity (Wildman–Crippen MR) is 89.4 cm³/mol. The van der Waals surface area contributed by atoms with Gasteiger partial charge in [-0.2, -0.15) is 0 Å². The third kappa shape index (κ3) is 4.86. The number of rotatable bonds is 5. The van der Waals surface area contributed by atoms with Crippen LogP contribution in [0.25, 0.3) is 0 Å². The minimum Gasteiger partial charge on any atom is -0.348 e. The molecule has 1 unspecified atom stereocenters. The molecule has 0 spiro atoms. The Morgan fingerprint density at radius 1 is 1.08 bits per heavy atom. The number of carbonyl (C=O) groups is 2. The molecule has 126 valence electrons. The summed E-state index contributed by atoms with van der Waals surface area (Å²) < 4.78 is 27.0. The Balaban J connectivity index is 1.87. The van der Waals surface area contributed by atoms with E-state index in [4.69, 9.17) is 0 Å². The molecule has 0 saturated carbocycles. The van der Waals surface area contributed by atoms with Gasteiger partial charge in [-0.25, -0.2) is 8.78 Å². The van der Waals surface area contributed by atoms with Crippen LogP contribution in [0.2, 0.25) is 0 Å². The summed E-state index contributed by atoms with van der Waals surface area (Å²) in [4.78, 5) is 23.8. The van der Waals surface area contributed by atoms with E-state index in [0.29, 0.717) is 11.1 Å². The molecule has 2 rings (SSSR count). The molecule has 0 fully saturated rings. The summed E-state index contributed by atoms with van der Waals surface area (Å²) in [7, 11) is 0. The Morgan fingerprint density at radius 3 is 2.38 bits per heavy atom. The summed E-state index contributed by atoms with van der Waals surface area (Å²) in [5.74, 6) is -2.73. The molecule has 0 aliphatic heterocycles. The van der Waals surface area contributed by atoms with Gasteiger partial charge in [-0.05, 0) is 48.9 Å². The van der Waals surface area contributed by atoms with Gasteiger partial charge in [0.1, 0.15) is 0 Å². The van der Waals surface area contributed by atoms with Crippen LogP contribution in [0.5, 0.6) is 0 Å². The largest absolute Gasteiger partial charge is 0.348 e. The smallest absolute Gasteiger partial charge is 0.251 e. The molecule has 0 aromatic heterocycles. The maximum Gasteiger partial charge on any atom is 0.251 e. The number of hydrogen-bond donors (Lipinski definition) is 2. The average molecular weight is 397 g/mol. The number of benzene rings is 2. The van der Waals surface area contributed by atoms with Crippen molar-refractivity contribution in [1.29, 1.82) is 0 Å². The highest BCUT2D eigenvalue weighted by Gasteiger charge is 2.13. The van der Waals surface area contributed by atoms with E-state index in [1.54, 1.807) is 31.2 Å². The second-order valence-electron chi connectivity index (χ2n) is 5.15. The zero-order valence-electron chi connectivity index (χ0n) is 12.8. The average Bonchev–Trinajstić information content (AvgIpc) is 2.55. The first-order chi connectivity index (χ1) is 11.4. The summed E-state index contributed by atoms with van der Waals surface area (Å²) in [6.07, 6.45) is 0. The van der Waals surface area contributed by atoms with E-state index in [2.05, 4.69) is 26.6 Å². The molecule has 2 N–H and O–H groups in total. The molecular weight excluding hydrogens is 382 g/mol. The molecule has 0 heterocycles. The van der Waals surface area contributed by atoms with E-state index >= 15 is 0 Å². The van der Waals surface area contributed by atoms with Crippen molar-refractivity contribution < 1.29 is 18.4 Å². The molecule has 0 radical (unpaired) electrons. The second kappa shape index (κ2) is 8.01. The zero-order chi connectivity index (χ0) is 17.7. The van der Waals surface area contributed by atoms with Gasteiger partial charge in [0.15, 0.2) is 11.6 Å². The van der Waals surface area contributed by atoms with Crippen molar-refractivity contribution in [3.8, 4) is 0 Å². The molecule has 24 heavy (non-hydrogen) atoms. The lowest BCUT2D eigenvalue weighted by Crippen LogP contribution is -2.38. The molecule has 0 aliphatic rings. The van der Waals surface area contributed by atoms with Crippen LogP contribution in [0.1, 0.15) is 28.9 Å². The zero-order valence-corrected chi connectivity index (χ0v) is 14.4. The Morgan fingerprint density at radius 2 is 1.75 bits per heavy atom. The van der Waals surface area contributed by atoms with Gasteiger partial charge in [-0.1, -0.05) is 22.0 Å². The summed E-state index contributed by atoms with van der Waals surface area (Å²) in [5.41, 5.74) is 0.862. The van der Waals surface area contributed by atoms with Gasteiger partial charge in [0.05, 0.1) is 12.6 Å². The fourth-order valence-corrected chi connectivity index (χ4v) is 2.29. The van der Waals surface area contributed by atoms with Gasteiger partial charge >= 0.3 is 0 Å². The van der Waals surface area contributed by atoms with Gasteiger partial charge < -0.3 is 10.6 Å². The highest BCUT2D eigenvalue weighted by molar-refractivity contribution is 9.10. The molecule has 7 heteroatoms. The van der Waals surface area contributed by atoms with Gasteiger partial charge in [0.25, 0.3) is 5.91 Å². The maximum atomic E-state index is 13.2. The molecular formula is C17H15BrF2N2O2. The van der Waals surface area contributed by atoms with Crippen LogP contribution in [-0.2, 0) is 4.79 Å². The Bertz CT molecular complexity index is 751. The van der Waals surface area contributed by atoms with Crippen molar-refractivity contribution in [3.05, 3.63) is 69.7 Å². The molecule has 0 saturated heterocycles. The molecule has 2 aromatic carbocycles. The first kappa shape index (κ1) is 18.1. The quantitative estimate of drug-likeness (QED) is 0.814. The van der Waals surface area contributed by atoms with Crippen LogP contribution in [0.15, 0.2) is 46.9 Å². The van der Waals surface area contributed by atoms with Crippen molar-refractivity contribution in [1.82, 2.24) is 10.6 Å². The standard InChI is InChI=1S/C17H15BrF2N2O2/c1-10(12-4-7-14(19)15(20)8-12)22-16(23)9-21-17(24)11-2-5-13(18)6-3-11/h2-8,10H,9H2,1H3,(H,21,24)(H,22,23). The fraction of sp³-hybridized carbons (Fsp3) is 0.176. The van der Waals surface area contributed by atoms with Gasteiger partial charge in [0.2, 0.25) is 5.91 Å². The van der Waals surface area contributed by atoms with Crippen LogP contribution >= 0.6 is 15.9 Å². The molecule has 0 aliphatic carbocycles.